The lowest BCUT2D eigenvalue weighted by Crippen LogP contribution is -2.28. The van der Waals surface area contributed by atoms with E-state index in [0.29, 0.717) is 12.8 Å². The molecule has 0 bridgehead atoms. The Hall–Kier alpha value is -1.57. The Kier molecular flexibility index (Phi) is 4.64. The third kappa shape index (κ3) is 3.72. The summed E-state index contributed by atoms with van der Waals surface area (Å²) in [5.74, 6) is 5.75. The fourth-order valence-corrected chi connectivity index (χ4v) is 2.87. The average Bonchev–Trinajstić information content (AvgIpc) is 2.42. The Morgan fingerprint density at radius 1 is 1.30 bits per heavy atom. The highest BCUT2D eigenvalue weighted by molar-refractivity contribution is 7.90. The van der Waals surface area contributed by atoms with Gasteiger partial charge in [0.25, 0.3) is 0 Å². The molecule has 0 aliphatic carbocycles. The molecule has 7 heteroatoms. The van der Waals surface area contributed by atoms with E-state index in [9.17, 15) is 8.42 Å². The first-order valence-corrected chi connectivity index (χ1v) is 8.41. The zero-order chi connectivity index (χ0) is 14.6. The molecular weight excluding hydrogens is 276 g/mol. The zero-order valence-electron chi connectivity index (χ0n) is 11.3. The molecule has 0 saturated heterocycles. The Balaban J connectivity index is 2.21. The van der Waals surface area contributed by atoms with Gasteiger partial charge in [-0.1, -0.05) is 12.1 Å². The molecule has 0 amide bonds. The molecule has 2 aromatic rings. The summed E-state index contributed by atoms with van der Waals surface area (Å²) in [5, 5.41) is 0. The van der Waals surface area contributed by atoms with Crippen LogP contribution in [-0.4, -0.2) is 30.4 Å². The number of sulfone groups is 1. The maximum Gasteiger partial charge on any atom is 0.147 e. The summed E-state index contributed by atoms with van der Waals surface area (Å²) >= 11 is 0. The summed E-state index contributed by atoms with van der Waals surface area (Å²) in [6.07, 6.45) is 5.68. The number of hydrazine groups is 1. The highest BCUT2D eigenvalue weighted by Gasteiger charge is 2.15. The van der Waals surface area contributed by atoms with E-state index in [1.54, 1.807) is 12.4 Å². The molecular formula is C13H18N4O2S. The number of fused-ring (bicyclic) bond motifs is 1. The Morgan fingerprint density at radius 3 is 2.75 bits per heavy atom. The number of benzene rings is 1. The first-order chi connectivity index (χ1) is 9.51. The van der Waals surface area contributed by atoms with Crippen molar-refractivity contribution in [1.82, 2.24) is 15.4 Å². The van der Waals surface area contributed by atoms with E-state index in [2.05, 4.69) is 15.4 Å². The van der Waals surface area contributed by atoms with E-state index in [1.165, 1.54) is 6.26 Å². The van der Waals surface area contributed by atoms with Crippen LogP contribution >= 0.6 is 0 Å². The number of nitrogens with one attached hydrogen (secondary N) is 1. The van der Waals surface area contributed by atoms with Crippen LogP contribution in [0.5, 0.6) is 0 Å². The van der Waals surface area contributed by atoms with Crippen molar-refractivity contribution >= 4 is 20.9 Å². The average molecular weight is 294 g/mol. The van der Waals surface area contributed by atoms with Gasteiger partial charge in [0, 0.05) is 30.4 Å². The van der Waals surface area contributed by atoms with Gasteiger partial charge in [-0.15, -0.1) is 0 Å². The molecule has 0 fully saturated rings. The number of nitrogens with zero attached hydrogens (tertiary/aromatic N) is 2. The molecule has 0 spiro atoms. The second kappa shape index (κ2) is 6.25. The van der Waals surface area contributed by atoms with E-state index >= 15 is 0 Å². The van der Waals surface area contributed by atoms with Crippen LogP contribution < -0.4 is 11.3 Å². The zero-order valence-corrected chi connectivity index (χ0v) is 12.1. The third-order valence-electron chi connectivity index (χ3n) is 3.11. The van der Waals surface area contributed by atoms with Crippen molar-refractivity contribution < 1.29 is 8.42 Å². The van der Waals surface area contributed by atoms with Crippen molar-refractivity contribution in [2.45, 2.75) is 18.9 Å². The monoisotopic (exact) mass is 294 g/mol. The van der Waals surface area contributed by atoms with Gasteiger partial charge in [-0.3, -0.25) is 21.2 Å². The van der Waals surface area contributed by atoms with E-state index in [-0.39, 0.29) is 11.8 Å². The van der Waals surface area contributed by atoms with Gasteiger partial charge in [0.1, 0.15) is 9.84 Å². The van der Waals surface area contributed by atoms with Crippen LogP contribution in [0, 0.1) is 0 Å². The predicted molar refractivity (Wildman–Crippen MR) is 78.5 cm³/mol. The summed E-state index contributed by atoms with van der Waals surface area (Å²) in [6.45, 7) is 0. The minimum absolute atomic E-state index is 0.142. The third-order valence-corrected chi connectivity index (χ3v) is 4.14. The van der Waals surface area contributed by atoms with Gasteiger partial charge in [0.2, 0.25) is 0 Å². The van der Waals surface area contributed by atoms with Gasteiger partial charge in [-0.25, -0.2) is 8.42 Å². The van der Waals surface area contributed by atoms with Crippen molar-refractivity contribution in [3.8, 4) is 0 Å². The van der Waals surface area contributed by atoms with Gasteiger partial charge < -0.3 is 0 Å². The minimum atomic E-state index is -2.95. The fourth-order valence-electron chi connectivity index (χ4n) is 2.17. The standard InChI is InChI=1S/C13H18N4O2S/c1-20(18,19)9-3-6-11(17-14)10-4-2-5-12-13(10)16-8-7-15-12/h2,4-5,7-8,11,17H,3,6,9,14H2,1H3. The van der Waals surface area contributed by atoms with Crippen molar-refractivity contribution in [2.24, 2.45) is 5.84 Å². The minimum Gasteiger partial charge on any atom is -0.271 e. The van der Waals surface area contributed by atoms with Crippen LogP contribution in [0.2, 0.25) is 0 Å². The Labute approximate surface area is 118 Å². The van der Waals surface area contributed by atoms with E-state index in [4.69, 9.17) is 5.84 Å². The van der Waals surface area contributed by atoms with Crippen LogP contribution in [0.1, 0.15) is 24.4 Å². The number of aromatic nitrogens is 2. The van der Waals surface area contributed by atoms with Gasteiger partial charge in [0.05, 0.1) is 11.0 Å². The van der Waals surface area contributed by atoms with Gasteiger partial charge in [-0.05, 0) is 24.5 Å². The normalized spacial score (nSPS) is 13.5. The second-order valence-electron chi connectivity index (χ2n) is 4.76. The van der Waals surface area contributed by atoms with Crippen molar-refractivity contribution in [2.75, 3.05) is 12.0 Å². The topological polar surface area (TPSA) is 98.0 Å². The van der Waals surface area contributed by atoms with E-state index < -0.39 is 9.84 Å². The van der Waals surface area contributed by atoms with Crippen molar-refractivity contribution in [3.63, 3.8) is 0 Å². The molecule has 1 unspecified atom stereocenters. The van der Waals surface area contributed by atoms with Gasteiger partial charge in [0.15, 0.2) is 0 Å². The molecule has 0 aliphatic heterocycles. The summed E-state index contributed by atoms with van der Waals surface area (Å²) < 4.78 is 22.4. The molecule has 0 aliphatic rings. The first kappa shape index (κ1) is 14.8. The number of nitrogens with two attached hydrogens (primary N) is 1. The summed E-state index contributed by atoms with van der Waals surface area (Å²) in [7, 11) is -2.95. The SMILES string of the molecule is CS(=O)(=O)CCCC(NN)c1cccc2nccnc12. The molecule has 1 aromatic carbocycles. The lowest BCUT2D eigenvalue weighted by Gasteiger charge is -2.17. The van der Waals surface area contributed by atoms with Crippen molar-refractivity contribution in [1.29, 1.82) is 0 Å². The summed E-state index contributed by atoms with van der Waals surface area (Å²) in [4.78, 5) is 8.58. The van der Waals surface area contributed by atoms with E-state index in [1.807, 2.05) is 18.2 Å². The first-order valence-electron chi connectivity index (χ1n) is 6.35. The Morgan fingerprint density at radius 2 is 2.05 bits per heavy atom. The number of hydrogen-bond acceptors (Lipinski definition) is 6. The molecule has 1 atom stereocenters. The van der Waals surface area contributed by atoms with Gasteiger partial charge >= 0.3 is 0 Å². The van der Waals surface area contributed by atoms with Crippen molar-refractivity contribution in [3.05, 3.63) is 36.2 Å². The lowest BCUT2D eigenvalue weighted by atomic mass is 10.0. The number of para-hydroxylation sites is 1. The maximum absolute atomic E-state index is 11.2. The molecule has 2 rings (SSSR count). The maximum atomic E-state index is 11.2. The predicted octanol–water partition coefficient (Wildman–Crippen LogP) is 0.959. The molecule has 1 heterocycles. The molecule has 6 nitrogen and oxygen atoms in total. The number of hydrogen-bond donors (Lipinski definition) is 2. The van der Waals surface area contributed by atoms with Crippen LogP contribution in [0.25, 0.3) is 11.0 Å². The summed E-state index contributed by atoms with van der Waals surface area (Å²) in [5.41, 5.74) is 5.26. The van der Waals surface area contributed by atoms with Gasteiger partial charge in [-0.2, -0.15) is 0 Å². The molecule has 20 heavy (non-hydrogen) atoms. The molecule has 3 N–H and O–H groups in total. The highest BCUT2D eigenvalue weighted by Crippen LogP contribution is 2.24. The fraction of sp³-hybridized carbons (Fsp3) is 0.385. The van der Waals surface area contributed by atoms with Crippen LogP contribution in [0.3, 0.4) is 0 Å². The molecule has 0 saturated carbocycles. The Bertz CT molecular complexity index is 682. The molecule has 0 radical (unpaired) electrons. The van der Waals surface area contributed by atoms with E-state index in [0.717, 1.165) is 16.6 Å². The lowest BCUT2D eigenvalue weighted by molar-refractivity contribution is 0.510. The van der Waals surface area contributed by atoms with Crippen LogP contribution in [-0.2, 0) is 9.84 Å². The second-order valence-corrected chi connectivity index (χ2v) is 7.02. The quantitative estimate of drug-likeness (QED) is 0.608. The van der Waals surface area contributed by atoms with Crippen LogP contribution in [0.15, 0.2) is 30.6 Å². The molecule has 108 valence electrons. The smallest absolute Gasteiger partial charge is 0.147 e. The molecule has 1 aromatic heterocycles. The van der Waals surface area contributed by atoms with Crippen LogP contribution in [0.4, 0.5) is 0 Å². The highest BCUT2D eigenvalue weighted by atomic mass is 32.2. The number of rotatable bonds is 6. The summed E-state index contributed by atoms with van der Waals surface area (Å²) in [6, 6.07) is 5.57. The largest absolute Gasteiger partial charge is 0.271 e.